The number of hydrogen-bond acceptors (Lipinski definition) is 4. The van der Waals surface area contributed by atoms with Crippen LogP contribution in [0.2, 0.25) is 0 Å². The van der Waals surface area contributed by atoms with Gasteiger partial charge in [0, 0.05) is 6.42 Å². The number of methoxy groups -OCH3 is 1. The summed E-state index contributed by atoms with van der Waals surface area (Å²) in [5, 5.41) is 2.43. The molecule has 0 radical (unpaired) electrons. The molecule has 0 heterocycles. The number of ether oxygens (including phenoxy) is 2. The van der Waals surface area contributed by atoms with E-state index in [4.69, 9.17) is 4.74 Å². The van der Waals surface area contributed by atoms with Crippen molar-refractivity contribution in [2.24, 2.45) is 5.92 Å². The van der Waals surface area contributed by atoms with Crippen LogP contribution in [-0.2, 0) is 19.1 Å². The van der Waals surface area contributed by atoms with Crippen LogP contribution in [0.3, 0.4) is 0 Å². The van der Waals surface area contributed by atoms with Gasteiger partial charge in [-0.3, -0.25) is 9.59 Å². The van der Waals surface area contributed by atoms with E-state index in [1.54, 1.807) is 12.5 Å². The van der Waals surface area contributed by atoms with Crippen molar-refractivity contribution in [1.82, 2.24) is 5.32 Å². The van der Waals surface area contributed by atoms with Crippen molar-refractivity contribution >= 4 is 11.9 Å². The van der Waals surface area contributed by atoms with Crippen molar-refractivity contribution in [2.75, 3.05) is 20.3 Å². The molecule has 0 saturated heterocycles. The van der Waals surface area contributed by atoms with Crippen LogP contribution in [0.5, 0.6) is 0 Å². The highest BCUT2D eigenvalue weighted by atomic mass is 16.5. The minimum Gasteiger partial charge on any atom is -0.468 e. The number of terminal acetylenes is 1. The summed E-state index contributed by atoms with van der Waals surface area (Å²) in [4.78, 5) is 21.8. The van der Waals surface area contributed by atoms with E-state index in [2.05, 4.69) is 42.3 Å². The number of esters is 1. The quantitative estimate of drug-likeness (QED) is 0.407. The Morgan fingerprint density at radius 2 is 1.86 bits per heavy atom. The van der Waals surface area contributed by atoms with Crippen molar-refractivity contribution in [3.8, 4) is 12.3 Å². The first-order valence-electron chi connectivity index (χ1n) is 10.1. The Bertz CT molecular complexity index is 470. The Morgan fingerprint density at radius 1 is 1.32 bits per heavy atom. The lowest BCUT2D eigenvalue weighted by Crippen LogP contribution is -2.31. The van der Waals surface area contributed by atoms with Crippen LogP contribution in [-0.4, -0.2) is 37.7 Å². The summed E-state index contributed by atoms with van der Waals surface area (Å²) in [6.07, 6.45) is 11.4. The van der Waals surface area contributed by atoms with Gasteiger partial charge < -0.3 is 14.8 Å². The molecule has 0 bridgehead atoms. The van der Waals surface area contributed by atoms with Crippen LogP contribution in [0, 0.1) is 18.3 Å². The molecule has 0 aromatic rings. The van der Waals surface area contributed by atoms with Crippen molar-refractivity contribution in [3.05, 3.63) is 11.6 Å². The Hall–Kier alpha value is -1.80. The fourth-order valence-electron chi connectivity index (χ4n) is 2.14. The maximum atomic E-state index is 11.2. The Morgan fingerprint density at radius 3 is 2.21 bits per heavy atom. The number of carbonyl (C=O) groups is 2. The summed E-state index contributed by atoms with van der Waals surface area (Å²) in [7, 11) is 1.28. The number of nitrogens with one attached hydrogen (secondary N) is 1. The third-order valence-corrected chi connectivity index (χ3v) is 3.32. The average Bonchev–Trinajstić information content (AvgIpc) is 2.61. The molecule has 164 valence electrons. The summed E-state index contributed by atoms with van der Waals surface area (Å²) >= 11 is 0. The lowest BCUT2D eigenvalue weighted by atomic mass is 9.93. The molecule has 0 fully saturated rings. The first-order valence-corrected chi connectivity index (χ1v) is 10.1. The van der Waals surface area contributed by atoms with Gasteiger partial charge in [0.2, 0.25) is 5.91 Å². The number of carbonyl (C=O) groups excluding carboxylic acids is 2. The maximum absolute atomic E-state index is 11.2. The molecule has 1 aliphatic rings. The molecule has 28 heavy (non-hydrogen) atoms. The van der Waals surface area contributed by atoms with E-state index in [-0.39, 0.29) is 24.5 Å². The van der Waals surface area contributed by atoms with Gasteiger partial charge in [-0.15, -0.1) is 12.3 Å². The first kappa shape index (κ1) is 30.9. The topological polar surface area (TPSA) is 64.6 Å². The van der Waals surface area contributed by atoms with E-state index in [1.165, 1.54) is 26.4 Å². The number of allylic oxidation sites excluding steroid dienone is 2. The lowest BCUT2D eigenvalue weighted by Gasteiger charge is -2.19. The molecule has 1 amide bonds. The average molecular weight is 398 g/mol. The van der Waals surface area contributed by atoms with E-state index >= 15 is 0 Å². The summed E-state index contributed by atoms with van der Waals surface area (Å²) in [5.74, 6) is 2.42. The summed E-state index contributed by atoms with van der Waals surface area (Å²) in [5.41, 5.74) is 1.34. The van der Waals surface area contributed by atoms with Gasteiger partial charge in [0.05, 0.1) is 19.3 Å². The van der Waals surface area contributed by atoms with Crippen LogP contribution >= 0.6 is 0 Å². The van der Waals surface area contributed by atoms with Crippen molar-refractivity contribution in [3.63, 3.8) is 0 Å². The van der Waals surface area contributed by atoms with Gasteiger partial charge in [-0.05, 0) is 59.8 Å². The number of rotatable bonds is 5. The van der Waals surface area contributed by atoms with E-state index in [0.717, 1.165) is 5.92 Å². The molecule has 1 unspecified atom stereocenters. The second-order valence-corrected chi connectivity index (χ2v) is 7.23. The highest BCUT2D eigenvalue weighted by molar-refractivity contribution is 5.81. The normalized spacial score (nSPS) is 14.9. The lowest BCUT2D eigenvalue weighted by molar-refractivity contribution is -0.141. The standard InChI is InChI=1S/C10H19NO4.C8H14.C3H4.C2H6/c1-10(2,3)15-6-5-8(12)11-7-9(13)14-4;1-7-4-3-5-8(2)6-7;1-3-2;1-2/h5-7H2,1-4H3,(H,11,12);6-7H,3-5H2,1-2H3;1H,2H3;1-2H3. The molecule has 1 aliphatic carbocycles. The van der Waals surface area contributed by atoms with Gasteiger partial charge >= 0.3 is 5.97 Å². The molecular weight excluding hydrogens is 354 g/mol. The predicted molar refractivity (Wildman–Crippen MR) is 118 cm³/mol. The zero-order valence-electron chi connectivity index (χ0n) is 19.6. The summed E-state index contributed by atoms with van der Waals surface area (Å²) < 4.78 is 9.73. The van der Waals surface area contributed by atoms with Gasteiger partial charge in [0.15, 0.2) is 0 Å². The van der Waals surface area contributed by atoms with E-state index < -0.39 is 5.97 Å². The largest absolute Gasteiger partial charge is 0.468 e. The summed E-state index contributed by atoms with van der Waals surface area (Å²) in [6.45, 7) is 16.2. The van der Waals surface area contributed by atoms with Crippen LogP contribution in [0.25, 0.3) is 0 Å². The molecule has 1 N–H and O–H groups in total. The Kier molecular flexibility index (Phi) is 22.0. The minimum atomic E-state index is -0.458. The molecule has 0 aromatic carbocycles. The zero-order valence-corrected chi connectivity index (χ0v) is 19.6. The molecule has 5 heteroatoms. The third-order valence-electron chi connectivity index (χ3n) is 3.32. The van der Waals surface area contributed by atoms with E-state index in [9.17, 15) is 9.59 Å². The minimum absolute atomic E-state index is 0.0924. The number of hydrogen-bond donors (Lipinski definition) is 1. The molecule has 0 aliphatic heterocycles. The molecule has 1 atom stereocenters. The molecule has 0 aromatic heterocycles. The molecule has 0 saturated carbocycles. The van der Waals surface area contributed by atoms with Crippen molar-refractivity contribution in [1.29, 1.82) is 0 Å². The van der Waals surface area contributed by atoms with Gasteiger partial charge in [0.25, 0.3) is 0 Å². The third kappa shape index (κ3) is 26.4. The highest BCUT2D eigenvalue weighted by Crippen LogP contribution is 2.21. The molecule has 5 nitrogen and oxygen atoms in total. The van der Waals surface area contributed by atoms with Crippen molar-refractivity contribution < 1.29 is 19.1 Å². The van der Waals surface area contributed by atoms with Crippen LogP contribution in [0.4, 0.5) is 0 Å². The predicted octanol–water partition coefficient (Wildman–Crippen LogP) is 4.90. The fraction of sp³-hybridized carbons (Fsp3) is 0.739. The number of amides is 1. The molecule has 1 rings (SSSR count). The second-order valence-electron chi connectivity index (χ2n) is 7.23. The van der Waals surface area contributed by atoms with Gasteiger partial charge in [-0.1, -0.05) is 32.4 Å². The Labute approximate surface area is 173 Å². The molecule has 0 spiro atoms. The SMILES string of the molecule is C#CC.CC.CC1=CC(C)CCC1.COC(=O)CNC(=O)CCOC(C)(C)C. The van der Waals surface area contributed by atoms with Crippen molar-refractivity contribution in [2.45, 2.75) is 86.7 Å². The summed E-state index contributed by atoms with van der Waals surface area (Å²) in [6, 6.07) is 0. The Balaban J connectivity index is -0.000000399. The highest BCUT2D eigenvalue weighted by Gasteiger charge is 2.11. The maximum Gasteiger partial charge on any atom is 0.325 e. The first-order chi connectivity index (χ1) is 13.1. The van der Waals surface area contributed by atoms with Gasteiger partial charge in [-0.25, -0.2) is 0 Å². The smallest absolute Gasteiger partial charge is 0.325 e. The van der Waals surface area contributed by atoms with Gasteiger partial charge in [-0.2, -0.15) is 0 Å². The van der Waals surface area contributed by atoms with Gasteiger partial charge in [0.1, 0.15) is 6.54 Å². The molecular formula is C23H43NO4. The fourth-order valence-corrected chi connectivity index (χ4v) is 2.14. The zero-order chi connectivity index (χ0) is 22.6. The monoisotopic (exact) mass is 397 g/mol. The van der Waals surface area contributed by atoms with Crippen LogP contribution in [0.15, 0.2) is 11.6 Å². The van der Waals surface area contributed by atoms with Crippen LogP contribution < -0.4 is 5.32 Å². The van der Waals surface area contributed by atoms with E-state index in [0.29, 0.717) is 6.61 Å². The van der Waals surface area contributed by atoms with Crippen LogP contribution in [0.1, 0.15) is 81.1 Å². The van der Waals surface area contributed by atoms with E-state index in [1.807, 2.05) is 34.6 Å². The second kappa shape index (κ2) is 19.9.